The largest absolute Gasteiger partial charge is 0.422 e. The van der Waals surface area contributed by atoms with E-state index in [2.05, 4.69) is 37.1 Å². The summed E-state index contributed by atoms with van der Waals surface area (Å²) in [5.74, 6) is 0.577. The van der Waals surface area contributed by atoms with Crippen LogP contribution >= 0.6 is 15.9 Å². The van der Waals surface area contributed by atoms with Crippen molar-refractivity contribution in [1.29, 1.82) is 0 Å². The third kappa shape index (κ3) is 3.42. The second kappa shape index (κ2) is 7.26. The molecule has 2 aromatic heterocycles. The number of carbonyl (C=O) groups is 1. The SMILES string of the molecule is O=C(c1cc2cc(Br)ccc2oc1=O)N1CCN(c2cc3c(nn2)CCC3)CC1. The predicted molar refractivity (Wildman–Crippen MR) is 112 cm³/mol. The summed E-state index contributed by atoms with van der Waals surface area (Å²) in [5.41, 5.74) is 2.33. The Morgan fingerprint density at radius 3 is 2.69 bits per heavy atom. The lowest BCUT2D eigenvalue weighted by molar-refractivity contribution is 0.0742. The molecule has 148 valence electrons. The van der Waals surface area contributed by atoms with Gasteiger partial charge in [0.05, 0.1) is 5.69 Å². The molecule has 1 fully saturated rings. The van der Waals surface area contributed by atoms with Crippen LogP contribution < -0.4 is 10.5 Å². The molecule has 0 bridgehead atoms. The van der Waals surface area contributed by atoms with Gasteiger partial charge in [-0.1, -0.05) is 15.9 Å². The molecule has 0 atom stereocenters. The smallest absolute Gasteiger partial charge is 0.349 e. The lowest BCUT2D eigenvalue weighted by Gasteiger charge is -2.35. The Balaban J connectivity index is 1.33. The molecule has 1 amide bonds. The topological polar surface area (TPSA) is 79.5 Å². The van der Waals surface area contributed by atoms with E-state index in [0.717, 1.165) is 40.6 Å². The van der Waals surface area contributed by atoms with Gasteiger partial charge in [-0.15, -0.1) is 5.10 Å². The number of carbonyl (C=O) groups excluding carboxylic acids is 1. The van der Waals surface area contributed by atoms with Gasteiger partial charge in [-0.25, -0.2) is 4.79 Å². The van der Waals surface area contributed by atoms with Crippen LogP contribution in [0.3, 0.4) is 0 Å². The summed E-state index contributed by atoms with van der Waals surface area (Å²) in [6, 6.07) is 9.09. The zero-order chi connectivity index (χ0) is 20.0. The lowest BCUT2D eigenvalue weighted by atomic mass is 10.1. The van der Waals surface area contributed by atoms with Crippen LogP contribution in [0, 0.1) is 0 Å². The highest BCUT2D eigenvalue weighted by Crippen LogP contribution is 2.24. The fourth-order valence-corrected chi connectivity index (χ4v) is 4.40. The summed E-state index contributed by atoms with van der Waals surface area (Å²) < 4.78 is 6.20. The number of fused-ring (bicyclic) bond motifs is 2. The first kappa shape index (κ1) is 18.3. The van der Waals surface area contributed by atoms with Gasteiger partial charge >= 0.3 is 5.63 Å². The molecule has 5 rings (SSSR count). The Bertz CT molecular complexity index is 1170. The minimum absolute atomic E-state index is 0.0707. The van der Waals surface area contributed by atoms with Crippen molar-refractivity contribution in [2.75, 3.05) is 31.1 Å². The van der Waals surface area contributed by atoms with Crippen molar-refractivity contribution >= 4 is 38.6 Å². The third-order valence-corrected chi connectivity index (χ3v) is 6.12. The summed E-state index contributed by atoms with van der Waals surface area (Å²) in [6.45, 7) is 2.36. The number of hydrogen-bond acceptors (Lipinski definition) is 6. The Kier molecular flexibility index (Phi) is 4.58. The quantitative estimate of drug-likeness (QED) is 0.553. The summed E-state index contributed by atoms with van der Waals surface area (Å²) in [7, 11) is 0. The molecule has 7 nitrogen and oxygen atoms in total. The van der Waals surface area contributed by atoms with Crippen LogP contribution in [0.1, 0.15) is 28.0 Å². The number of hydrogen-bond donors (Lipinski definition) is 0. The van der Waals surface area contributed by atoms with Crippen LogP contribution in [0.4, 0.5) is 5.82 Å². The first-order valence-electron chi connectivity index (χ1n) is 9.71. The minimum Gasteiger partial charge on any atom is -0.422 e. The number of aryl methyl sites for hydroxylation is 2. The number of nitrogens with zero attached hydrogens (tertiary/aromatic N) is 4. The van der Waals surface area contributed by atoms with E-state index in [4.69, 9.17) is 4.42 Å². The molecule has 8 heteroatoms. The Labute approximate surface area is 175 Å². The number of halogens is 1. The van der Waals surface area contributed by atoms with Crippen LogP contribution in [0.5, 0.6) is 0 Å². The maximum atomic E-state index is 13.0. The van der Waals surface area contributed by atoms with Gasteiger partial charge in [0.25, 0.3) is 5.91 Å². The summed E-state index contributed by atoms with van der Waals surface area (Å²) in [5, 5.41) is 9.43. The summed E-state index contributed by atoms with van der Waals surface area (Å²) in [4.78, 5) is 29.1. The molecule has 0 N–H and O–H groups in total. The molecule has 0 unspecified atom stereocenters. The number of piperazine rings is 1. The van der Waals surface area contributed by atoms with Crippen LogP contribution in [-0.4, -0.2) is 47.2 Å². The second-order valence-electron chi connectivity index (χ2n) is 7.44. The van der Waals surface area contributed by atoms with Crippen LogP contribution in [0.2, 0.25) is 0 Å². The lowest BCUT2D eigenvalue weighted by Crippen LogP contribution is -2.49. The molecule has 0 saturated carbocycles. The van der Waals surface area contributed by atoms with E-state index in [9.17, 15) is 9.59 Å². The highest BCUT2D eigenvalue weighted by atomic mass is 79.9. The number of rotatable bonds is 2. The zero-order valence-electron chi connectivity index (χ0n) is 15.7. The molecule has 0 spiro atoms. The van der Waals surface area contributed by atoms with Crippen LogP contribution in [-0.2, 0) is 12.8 Å². The average molecular weight is 455 g/mol. The molecule has 1 aliphatic carbocycles. The first-order valence-corrected chi connectivity index (χ1v) is 10.5. The molecule has 1 saturated heterocycles. The van der Waals surface area contributed by atoms with Crippen molar-refractivity contribution in [3.05, 3.63) is 62.0 Å². The summed E-state index contributed by atoms with van der Waals surface area (Å²) >= 11 is 3.40. The molecule has 1 aromatic carbocycles. The standard InChI is InChI=1S/C21H19BrN4O3/c22-15-4-5-18-14(10-15)11-16(21(28)29-18)20(27)26-8-6-25(7-9-26)19-12-13-2-1-3-17(13)23-24-19/h4-5,10-12H,1-3,6-9H2. The van der Waals surface area contributed by atoms with E-state index in [1.165, 1.54) is 5.56 Å². The predicted octanol–water partition coefficient (Wildman–Crippen LogP) is 2.80. The highest BCUT2D eigenvalue weighted by Gasteiger charge is 2.26. The second-order valence-corrected chi connectivity index (χ2v) is 8.35. The fraction of sp³-hybridized carbons (Fsp3) is 0.333. The van der Waals surface area contributed by atoms with Crippen molar-refractivity contribution in [2.45, 2.75) is 19.3 Å². The highest BCUT2D eigenvalue weighted by molar-refractivity contribution is 9.10. The number of benzene rings is 1. The van der Waals surface area contributed by atoms with Crippen molar-refractivity contribution in [3.8, 4) is 0 Å². The Morgan fingerprint density at radius 2 is 1.86 bits per heavy atom. The van der Waals surface area contributed by atoms with Gasteiger partial charge < -0.3 is 14.2 Å². The minimum atomic E-state index is -0.600. The molecule has 0 radical (unpaired) electrons. The average Bonchev–Trinajstić information content (AvgIpc) is 3.21. The first-order chi connectivity index (χ1) is 14.1. The Hall–Kier alpha value is -2.74. The van der Waals surface area contributed by atoms with Crippen molar-refractivity contribution in [2.24, 2.45) is 0 Å². The van der Waals surface area contributed by atoms with E-state index >= 15 is 0 Å². The van der Waals surface area contributed by atoms with E-state index in [1.54, 1.807) is 23.1 Å². The molecule has 1 aliphatic heterocycles. The van der Waals surface area contributed by atoms with Gasteiger partial charge in [0.1, 0.15) is 11.1 Å². The molecule has 3 aromatic rings. The van der Waals surface area contributed by atoms with Crippen molar-refractivity contribution in [1.82, 2.24) is 15.1 Å². The van der Waals surface area contributed by atoms with Crippen molar-refractivity contribution in [3.63, 3.8) is 0 Å². The molecule has 29 heavy (non-hydrogen) atoms. The number of anilines is 1. The fourth-order valence-electron chi connectivity index (χ4n) is 4.02. The molecular weight excluding hydrogens is 436 g/mol. The normalized spacial score (nSPS) is 16.3. The number of amides is 1. The van der Waals surface area contributed by atoms with Gasteiger partial charge in [0.2, 0.25) is 0 Å². The molecular formula is C21H19BrN4O3. The van der Waals surface area contributed by atoms with Crippen LogP contribution in [0.15, 0.2) is 44.0 Å². The zero-order valence-corrected chi connectivity index (χ0v) is 17.3. The Morgan fingerprint density at radius 1 is 1.03 bits per heavy atom. The maximum Gasteiger partial charge on any atom is 0.349 e. The van der Waals surface area contributed by atoms with Crippen molar-refractivity contribution < 1.29 is 9.21 Å². The van der Waals surface area contributed by atoms with Gasteiger partial charge in [0.15, 0.2) is 5.82 Å². The van der Waals surface area contributed by atoms with E-state index < -0.39 is 5.63 Å². The van der Waals surface area contributed by atoms with Gasteiger partial charge in [-0.2, -0.15) is 5.10 Å². The van der Waals surface area contributed by atoms with Crippen LogP contribution in [0.25, 0.3) is 11.0 Å². The monoisotopic (exact) mass is 454 g/mol. The van der Waals surface area contributed by atoms with Gasteiger partial charge in [0, 0.05) is 36.0 Å². The van der Waals surface area contributed by atoms with E-state index in [1.807, 2.05) is 6.07 Å². The van der Waals surface area contributed by atoms with E-state index in [0.29, 0.717) is 31.8 Å². The molecule has 2 aliphatic rings. The maximum absolute atomic E-state index is 13.0. The number of aromatic nitrogens is 2. The van der Waals surface area contributed by atoms with E-state index in [-0.39, 0.29) is 11.5 Å². The van der Waals surface area contributed by atoms with Gasteiger partial charge in [-0.05, 0) is 55.2 Å². The summed E-state index contributed by atoms with van der Waals surface area (Å²) in [6.07, 6.45) is 3.21. The van der Waals surface area contributed by atoms with Gasteiger partial charge in [-0.3, -0.25) is 4.79 Å². The molecule has 3 heterocycles. The third-order valence-electron chi connectivity index (χ3n) is 5.62.